The number of likely N-dealkylation sites (N-methyl/N-ethyl adjacent to an activating group) is 1. The van der Waals surface area contributed by atoms with E-state index in [1.165, 1.54) is 6.42 Å². The zero-order valence-corrected chi connectivity index (χ0v) is 16.0. The molecule has 1 spiro atoms. The third-order valence-electron chi connectivity index (χ3n) is 6.20. The number of furan rings is 1. The highest BCUT2D eigenvalue weighted by atomic mass is 16.5. The fourth-order valence-electron chi connectivity index (χ4n) is 4.54. The highest BCUT2D eigenvalue weighted by molar-refractivity contribution is 5.99. The maximum atomic E-state index is 13.0. The Hall–Kier alpha value is -1.85. The number of likely N-dealkylation sites (tertiary alicyclic amines) is 2. The van der Waals surface area contributed by atoms with Crippen LogP contribution in [0.3, 0.4) is 0 Å². The van der Waals surface area contributed by atoms with Gasteiger partial charge in [-0.1, -0.05) is 18.2 Å². The number of carbonyl (C=O) groups excluding carboxylic acids is 1. The van der Waals surface area contributed by atoms with Gasteiger partial charge >= 0.3 is 0 Å². The van der Waals surface area contributed by atoms with Crippen molar-refractivity contribution >= 4 is 16.9 Å². The molecule has 0 bridgehead atoms. The zero-order valence-electron chi connectivity index (χ0n) is 16.0. The summed E-state index contributed by atoms with van der Waals surface area (Å²) in [6.45, 7) is 8.26. The summed E-state index contributed by atoms with van der Waals surface area (Å²) in [5, 5.41) is 1.03. The quantitative estimate of drug-likeness (QED) is 0.843. The predicted octanol–water partition coefficient (Wildman–Crippen LogP) is 3.31. The molecule has 5 heteroatoms. The smallest absolute Gasteiger partial charge is 0.290 e. The summed E-state index contributed by atoms with van der Waals surface area (Å²) in [5.41, 5.74) is 1.84. The van der Waals surface area contributed by atoms with Crippen molar-refractivity contribution < 1.29 is 13.9 Å². The van der Waals surface area contributed by atoms with Crippen LogP contribution in [0.25, 0.3) is 11.0 Å². The summed E-state index contributed by atoms with van der Waals surface area (Å²) in [5.74, 6) is 1.10. The first-order valence-corrected chi connectivity index (χ1v) is 9.60. The fraction of sp³-hybridized carbons (Fsp3) is 0.571. The zero-order chi connectivity index (χ0) is 18.3. The molecule has 2 aliphatic heterocycles. The van der Waals surface area contributed by atoms with Gasteiger partial charge in [-0.15, -0.1) is 0 Å². The normalized spacial score (nSPS) is 22.7. The van der Waals surface area contributed by atoms with E-state index in [4.69, 9.17) is 9.15 Å². The second-order valence-corrected chi connectivity index (χ2v) is 7.88. The summed E-state index contributed by atoms with van der Waals surface area (Å²) < 4.78 is 11.5. The van der Waals surface area contributed by atoms with Crippen LogP contribution in [0, 0.1) is 12.8 Å². The van der Waals surface area contributed by atoms with Crippen LogP contribution in [-0.4, -0.2) is 61.1 Å². The Kier molecular flexibility index (Phi) is 4.53. The van der Waals surface area contributed by atoms with Crippen molar-refractivity contribution in [1.29, 1.82) is 0 Å². The molecule has 1 aromatic carbocycles. The summed E-state index contributed by atoms with van der Waals surface area (Å²) >= 11 is 0. The molecule has 1 amide bonds. The van der Waals surface area contributed by atoms with Gasteiger partial charge in [0.2, 0.25) is 0 Å². The number of hydrogen-bond acceptors (Lipinski definition) is 4. The molecule has 0 aliphatic carbocycles. The van der Waals surface area contributed by atoms with Gasteiger partial charge in [-0.05, 0) is 52.3 Å². The molecule has 2 aliphatic rings. The minimum atomic E-state index is 0.0182. The lowest BCUT2D eigenvalue weighted by Gasteiger charge is -2.58. The second kappa shape index (κ2) is 6.71. The molecule has 0 radical (unpaired) electrons. The number of amides is 1. The van der Waals surface area contributed by atoms with E-state index in [1.807, 2.05) is 43.0 Å². The van der Waals surface area contributed by atoms with E-state index in [1.54, 1.807) is 0 Å². The molecule has 2 saturated heterocycles. The van der Waals surface area contributed by atoms with Crippen LogP contribution in [0.2, 0.25) is 0 Å². The van der Waals surface area contributed by atoms with Crippen LogP contribution in [0.1, 0.15) is 35.9 Å². The maximum Gasteiger partial charge on any atom is 0.290 e. The molecule has 2 aromatic rings. The van der Waals surface area contributed by atoms with Gasteiger partial charge in [-0.3, -0.25) is 9.69 Å². The monoisotopic (exact) mass is 356 g/mol. The molecule has 3 heterocycles. The first kappa shape index (κ1) is 17.6. The largest absolute Gasteiger partial charge is 0.451 e. The lowest BCUT2D eigenvalue weighted by molar-refractivity contribution is -0.0758. The molecule has 0 unspecified atom stereocenters. The lowest BCUT2D eigenvalue weighted by Crippen LogP contribution is -2.72. The highest BCUT2D eigenvalue weighted by Crippen LogP contribution is 2.39. The maximum absolute atomic E-state index is 13.0. The predicted molar refractivity (Wildman–Crippen MR) is 101 cm³/mol. The Morgan fingerprint density at radius 1 is 1.35 bits per heavy atom. The van der Waals surface area contributed by atoms with Gasteiger partial charge in [0, 0.05) is 37.3 Å². The SMILES string of the molecule is CCOC[C@@H]1CCN(C)C2(C1)CN(C(=O)c1oc3ccccc3c1C)C2. The molecule has 140 valence electrons. The molecule has 26 heavy (non-hydrogen) atoms. The molecule has 0 saturated carbocycles. The number of fused-ring (bicyclic) bond motifs is 1. The third kappa shape index (κ3) is 2.83. The van der Waals surface area contributed by atoms with Crippen molar-refractivity contribution in [2.24, 2.45) is 5.92 Å². The van der Waals surface area contributed by atoms with Gasteiger partial charge in [0.05, 0.1) is 5.54 Å². The van der Waals surface area contributed by atoms with E-state index >= 15 is 0 Å². The second-order valence-electron chi connectivity index (χ2n) is 7.88. The van der Waals surface area contributed by atoms with Crippen molar-refractivity contribution in [2.45, 2.75) is 32.2 Å². The van der Waals surface area contributed by atoms with Crippen molar-refractivity contribution in [3.8, 4) is 0 Å². The number of benzene rings is 1. The van der Waals surface area contributed by atoms with E-state index in [9.17, 15) is 4.79 Å². The standard InChI is InChI=1S/C21H28N2O3/c1-4-25-12-16-9-10-22(3)21(11-16)13-23(14-21)20(24)19-15(2)17-7-5-6-8-18(17)26-19/h5-8,16H,4,9-14H2,1-3H3/t16-/m1/s1. The third-order valence-corrected chi connectivity index (χ3v) is 6.20. The Balaban J connectivity index is 1.47. The number of rotatable bonds is 4. The average molecular weight is 356 g/mol. The average Bonchev–Trinajstić information content (AvgIpc) is 2.96. The topological polar surface area (TPSA) is 45.9 Å². The van der Waals surface area contributed by atoms with E-state index < -0.39 is 0 Å². The van der Waals surface area contributed by atoms with E-state index in [0.717, 1.165) is 55.8 Å². The summed E-state index contributed by atoms with van der Waals surface area (Å²) in [6, 6.07) is 7.85. The van der Waals surface area contributed by atoms with Crippen molar-refractivity contribution in [2.75, 3.05) is 39.9 Å². The van der Waals surface area contributed by atoms with Crippen LogP contribution in [-0.2, 0) is 4.74 Å². The van der Waals surface area contributed by atoms with Crippen molar-refractivity contribution in [3.63, 3.8) is 0 Å². The van der Waals surface area contributed by atoms with E-state index in [-0.39, 0.29) is 11.4 Å². The van der Waals surface area contributed by atoms with Gasteiger partial charge in [-0.25, -0.2) is 0 Å². The molecule has 0 N–H and O–H groups in total. The summed E-state index contributed by atoms with van der Waals surface area (Å²) in [6.07, 6.45) is 2.28. The number of hydrogen-bond donors (Lipinski definition) is 0. The van der Waals surface area contributed by atoms with Crippen LogP contribution in [0.4, 0.5) is 0 Å². The first-order valence-electron chi connectivity index (χ1n) is 9.60. The molecule has 2 fully saturated rings. The van der Waals surface area contributed by atoms with Crippen LogP contribution < -0.4 is 0 Å². The Labute approximate surface area is 154 Å². The van der Waals surface area contributed by atoms with E-state index in [0.29, 0.717) is 11.7 Å². The van der Waals surface area contributed by atoms with Gasteiger partial charge in [-0.2, -0.15) is 0 Å². The number of ether oxygens (including phenoxy) is 1. The first-order chi connectivity index (χ1) is 12.5. The molecule has 1 atom stereocenters. The number of nitrogens with zero attached hydrogens (tertiary/aromatic N) is 2. The van der Waals surface area contributed by atoms with Gasteiger partial charge in [0.25, 0.3) is 5.91 Å². The minimum absolute atomic E-state index is 0.0182. The lowest BCUT2D eigenvalue weighted by atomic mass is 9.75. The van der Waals surface area contributed by atoms with Crippen molar-refractivity contribution in [3.05, 3.63) is 35.6 Å². The Morgan fingerprint density at radius 3 is 2.85 bits per heavy atom. The van der Waals surface area contributed by atoms with Crippen molar-refractivity contribution in [1.82, 2.24) is 9.80 Å². The molecular weight excluding hydrogens is 328 g/mol. The minimum Gasteiger partial charge on any atom is -0.451 e. The van der Waals surface area contributed by atoms with E-state index in [2.05, 4.69) is 11.9 Å². The number of para-hydroxylation sites is 1. The summed E-state index contributed by atoms with van der Waals surface area (Å²) in [4.78, 5) is 17.4. The summed E-state index contributed by atoms with van der Waals surface area (Å²) in [7, 11) is 2.19. The van der Waals surface area contributed by atoms with Gasteiger partial charge in [0.1, 0.15) is 5.58 Å². The highest BCUT2D eigenvalue weighted by Gasteiger charge is 2.51. The Morgan fingerprint density at radius 2 is 2.12 bits per heavy atom. The molecule has 4 rings (SSSR count). The van der Waals surface area contributed by atoms with Crippen LogP contribution in [0.15, 0.2) is 28.7 Å². The molecule has 1 aromatic heterocycles. The fourth-order valence-corrected chi connectivity index (χ4v) is 4.54. The van der Waals surface area contributed by atoms with Crippen LogP contribution in [0.5, 0.6) is 0 Å². The Bertz CT molecular complexity index is 805. The number of aryl methyl sites for hydroxylation is 1. The van der Waals surface area contributed by atoms with Gasteiger partial charge in [0.15, 0.2) is 5.76 Å². The molecule has 5 nitrogen and oxygen atoms in total. The molecular formula is C21H28N2O3. The number of piperidine rings is 1. The van der Waals surface area contributed by atoms with Gasteiger partial charge < -0.3 is 14.1 Å². The number of carbonyl (C=O) groups is 1. The van der Waals surface area contributed by atoms with Crippen LogP contribution >= 0.6 is 0 Å².